The van der Waals surface area contributed by atoms with Gasteiger partial charge < -0.3 is 19.9 Å². The highest BCUT2D eigenvalue weighted by Gasteiger charge is 2.16. The van der Waals surface area contributed by atoms with Crippen molar-refractivity contribution in [3.05, 3.63) is 18.2 Å². The Balaban J connectivity index is 2.48. The lowest BCUT2D eigenvalue weighted by Gasteiger charge is -2.12. The molecule has 0 fully saturated rings. The van der Waals surface area contributed by atoms with Crippen LogP contribution in [0.3, 0.4) is 0 Å². The Morgan fingerprint density at radius 3 is 2.57 bits per heavy atom. The number of benzene rings is 1. The predicted octanol–water partition coefficient (Wildman–Crippen LogP) is 1.93. The van der Waals surface area contributed by atoms with E-state index in [4.69, 9.17) is 19.9 Å². The zero-order valence-corrected chi connectivity index (χ0v) is 12.3. The number of hydrogen-bond donors (Lipinski definition) is 1. The maximum absolute atomic E-state index is 5.72. The van der Waals surface area contributed by atoms with Gasteiger partial charge in [-0.1, -0.05) is 13.0 Å². The van der Waals surface area contributed by atoms with Crippen molar-refractivity contribution in [2.24, 2.45) is 0 Å². The Hall–Kier alpha value is -2.57. The number of nitrogen functional groups attached to an aromatic ring is 1. The molecule has 112 valence electrons. The molecule has 7 nitrogen and oxygen atoms in total. The monoisotopic (exact) mass is 290 g/mol. The predicted molar refractivity (Wildman–Crippen MR) is 78.6 cm³/mol. The lowest BCUT2D eigenvalue weighted by molar-refractivity contribution is 0.292. The van der Waals surface area contributed by atoms with Crippen LogP contribution in [0.4, 0.5) is 5.95 Å². The molecular weight excluding hydrogens is 272 g/mol. The number of nitrogens with zero attached hydrogens (tertiary/aromatic N) is 3. The smallest absolute Gasteiger partial charge is 0.321 e. The summed E-state index contributed by atoms with van der Waals surface area (Å²) in [5.41, 5.74) is 6.38. The molecule has 2 aromatic rings. The third-order valence-corrected chi connectivity index (χ3v) is 2.71. The van der Waals surface area contributed by atoms with E-state index in [0.29, 0.717) is 29.5 Å². The lowest BCUT2D eigenvalue weighted by Crippen LogP contribution is -2.06. The number of rotatable bonds is 6. The number of ether oxygens (including phenoxy) is 3. The molecule has 0 atom stereocenters. The van der Waals surface area contributed by atoms with Crippen LogP contribution in [0.5, 0.6) is 17.5 Å². The summed E-state index contributed by atoms with van der Waals surface area (Å²) < 4.78 is 16.1. The van der Waals surface area contributed by atoms with Gasteiger partial charge in [0, 0.05) is 0 Å². The van der Waals surface area contributed by atoms with Gasteiger partial charge >= 0.3 is 6.01 Å². The highest BCUT2D eigenvalue weighted by molar-refractivity contribution is 5.69. The molecule has 2 rings (SSSR count). The summed E-state index contributed by atoms with van der Waals surface area (Å²) in [4.78, 5) is 12.4. The molecule has 0 saturated carbocycles. The first-order valence-electron chi connectivity index (χ1n) is 6.55. The molecule has 0 saturated heterocycles. The quantitative estimate of drug-likeness (QED) is 0.868. The molecule has 1 aromatic heterocycles. The Labute approximate surface area is 123 Å². The highest BCUT2D eigenvalue weighted by atomic mass is 16.5. The zero-order valence-electron chi connectivity index (χ0n) is 12.3. The third kappa shape index (κ3) is 3.31. The van der Waals surface area contributed by atoms with Crippen LogP contribution in [-0.2, 0) is 0 Å². The fourth-order valence-electron chi connectivity index (χ4n) is 1.81. The fourth-order valence-corrected chi connectivity index (χ4v) is 1.81. The van der Waals surface area contributed by atoms with Gasteiger partial charge in [-0.25, -0.2) is 0 Å². The van der Waals surface area contributed by atoms with Crippen LogP contribution < -0.4 is 19.9 Å². The van der Waals surface area contributed by atoms with Crippen molar-refractivity contribution in [2.75, 3.05) is 26.6 Å². The molecule has 0 unspecified atom stereocenters. The molecule has 2 N–H and O–H groups in total. The van der Waals surface area contributed by atoms with E-state index in [0.717, 1.165) is 6.42 Å². The second-order valence-electron chi connectivity index (χ2n) is 4.19. The Morgan fingerprint density at radius 1 is 1.10 bits per heavy atom. The third-order valence-electron chi connectivity index (χ3n) is 2.71. The topological polar surface area (TPSA) is 92.4 Å². The van der Waals surface area contributed by atoms with Gasteiger partial charge in [0.2, 0.25) is 5.95 Å². The Morgan fingerprint density at radius 2 is 1.90 bits per heavy atom. The van der Waals surface area contributed by atoms with Gasteiger partial charge in [-0.15, -0.1) is 0 Å². The molecule has 21 heavy (non-hydrogen) atoms. The van der Waals surface area contributed by atoms with E-state index in [2.05, 4.69) is 15.0 Å². The summed E-state index contributed by atoms with van der Waals surface area (Å²) in [5.74, 6) is 1.59. The first kappa shape index (κ1) is 14.8. The van der Waals surface area contributed by atoms with Crippen molar-refractivity contribution in [2.45, 2.75) is 13.3 Å². The average molecular weight is 290 g/mol. The Kier molecular flexibility index (Phi) is 4.76. The van der Waals surface area contributed by atoms with Gasteiger partial charge in [0.25, 0.3) is 0 Å². The van der Waals surface area contributed by atoms with Gasteiger partial charge in [0.15, 0.2) is 17.3 Å². The van der Waals surface area contributed by atoms with E-state index >= 15 is 0 Å². The SMILES string of the molecule is CCCOc1nc(N)nc(-c2cccc(OC)c2OC)n1. The molecular formula is C14H18N4O3. The van der Waals surface area contributed by atoms with Crippen LogP contribution in [-0.4, -0.2) is 35.8 Å². The van der Waals surface area contributed by atoms with Crippen molar-refractivity contribution in [1.29, 1.82) is 0 Å². The minimum absolute atomic E-state index is 0.0935. The van der Waals surface area contributed by atoms with E-state index < -0.39 is 0 Å². The molecule has 0 aliphatic heterocycles. The number of hydrogen-bond acceptors (Lipinski definition) is 7. The summed E-state index contributed by atoms with van der Waals surface area (Å²) in [5, 5.41) is 0. The van der Waals surface area contributed by atoms with Crippen molar-refractivity contribution in [1.82, 2.24) is 15.0 Å². The van der Waals surface area contributed by atoms with Crippen LogP contribution in [0, 0.1) is 0 Å². The minimum atomic E-state index is 0.0935. The van der Waals surface area contributed by atoms with E-state index in [9.17, 15) is 0 Å². The molecule has 0 spiro atoms. The van der Waals surface area contributed by atoms with Crippen LogP contribution >= 0.6 is 0 Å². The average Bonchev–Trinajstić information content (AvgIpc) is 2.51. The number of aromatic nitrogens is 3. The van der Waals surface area contributed by atoms with Gasteiger partial charge in [-0.3, -0.25) is 0 Å². The minimum Gasteiger partial charge on any atom is -0.493 e. The second kappa shape index (κ2) is 6.74. The number of methoxy groups -OCH3 is 2. The number of para-hydroxylation sites is 1. The van der Waals surface area contributed by atoms with Crippen molar-refractivity contribution in [3.8, 4) is 28.9 Å². The molecule has 1 heterocycles. The summed E-state index contributed by atoms with van der Waals surface area (Å²) in [7, 11) is 3.12. The van der Waals surface area contributed by atoms with Gasteiger partial charge in [0.1, 0.15) is 0 Å². The Bertz CT molecular complexity index is 619. The van der Waals surface area contributed by atoms with Crippen LogP contribution in [0.15, 0.2) is 18.2 Å². The molecule has 0 aliphatic carbocycles. The van der Waals surface area contributed by atoms with Crippen molar-refractivity contribution >= 4 is 5.95 Å². The fraction of sp³-hybridized carbons (Fsp3) is 0.357. The first-order valence-corrected chi connectivity index (χ1v) is 6.55. The van der Waals surface area contributed by atoms with Gasteiger partial charge in [-0.2, -0.15) is 15.0 Å². The maximum Gasteiger partial charge on any atom is 0.321 e. The van der Waals surface area contributed by atoms with Crippen LogP contribution in [0.25, 0.3) is 11.4 Å². The summed E-state index contributed by atoms with van der Waals surface area (Å²) in [6.07, 6.45) is 0.851. The van der Waals surface area contributed by atoms with Gasteiger partial charge in [0.05, 0.1) is 26.4 Å². The van der Waals surface area contributed by atoms with Crippen LogP contribution in [0.1, 0.15) is 13.3 Å². The van der Waals surface area contributed by atoms with E-state index in [1.807, 2.05) is 19.1 Å². The normalized spacial score (nSPS) is 10.2. The number of nitrogens with two attached hydrogens (primary N) is 1. The van der Waals surface area contributed by atoms with Crippen molar-refractivity contribution in [3.63, 3.8) is 0 Å². The van der Waals surface area contributed by atoms with Crippen molar-refractivity contribution < 1.29 is 14.2 Å². The van der Waals surface area contributed by atoms with E-state index in [-0.39, 0.29) is 12.0 Å². The highest BCUT2D eigenvalue weighted by Crippen LogP contribution is 2.36. The standard InChI is InChI=1S/C14H18N4O3/c1-4-8-21-14-17-12(16-13(15)18-14)9-6-5-7-10(19-2)11(9)20-3/h5-7H,4,8H2,1-3H3,(H2,15,16,17,18). The van der Waals surface area contributed by atoms with Gasteiger partial charge in [-0.05, 0) is 18.6 Å². The van der Waals surface area contributed by atoms with E-state index in [1.54, 1.807) is 20.3 Å². The largest absolute Gasteiger partial charge is 0.493 e. The molecule has 0 aliphatic rings. The van der Waals surface area contributed by atoms with Crippen LogP contribution in [0.2, 0.25) is 0 Å². The lowest BCUT2D eigenvalue weighted by atomic mass is 10.1. The second-order valence-corrected chi connectivity index (χ2v) is 4.19. The molecule has 0 amide bonds. The summed E-state index contributed by atoms with van der Waals surface area (Å²) >= 11 is 0. The molecule has 0 bridgehead atoms. The van der Waals surface area contributed by atoms with E-state index in [1.165, 1.54) is 0 Å². The zero-order chi connectivity index (χ0) is 15.2. The molecule has 7 heteroatoms. The molecule has 1 aromatic carbocycles. The number of anilines is 1. The molecule has 0 radical (unpaired) electrons. The summed E-state index contributed by atoms with van der Waals surface area (Å²) in [6, 6.07) is 5.63. The summed E-state index contributed by atoms with van der Waals surface area (Å²) in [6.45, 7) is 2.51. The maximum atomic E-state index is 5.72. The first-order chi connectivity index (χ1) is 10.2.